The topological polar surface area (TPSA) is 62.1 Å². The molecule has 1 aromatic carbocycles. The lowest BCUT2D eigenvalue weighted by molar-refractivity contribution is -0.118. The standard InChI is InChI=1S/C11H10N2O2/c1-15-10-4-2-3-9-8(10)5-7(6-12)11(14)13-9/h2-4,7H,5H2,1H3,(H,13,14). The molecular formula is C11H10N2O2. The fraction of sp³-hybridized carbons (Fsp3) is 0.273. The van der Waals surface area contributed by atoms with E-state index in [4.69, 9.17) is 10.00 Å². The molecule has 0 radical (unpaired) electrons. The molecule has 1 unspecified atom stereocenters. The van der Waals surface area contributed by atoms with E-state index in [9.17, 15) is 4.79 Å². The van der Waals surface area contributed by atoms with E-state index in [1.54, 1.807) is 7.11 Å². The molecule has 1 N–H and O–H groups in total. The van der Waals surface area contributed by atoms with E-state index >= 15 is 0 Å². The van der Waals surface area contributed by atoms with Crippen molar-refractivity contribution in [3.8, 4) is 11.8 Å². The first-order chi connectivity index (χ1) is 7.26. The Labute approximate surface area is 87.5 Å². The molecule has 0 spiro atoms. The van der Waals surface area contributed by atoms with Crippen LogP contribution in [0.5, 0.6) is 5.75 Å². The molecule has 0 aliphatic carbocycles. The molecule has 0 saturated heterocycles. The molecule has 76 valence electrons. The predicted molar refractivity (Wildman–Crippen MR) is 54.4 cm³/mol. The zero-order valence-electron chi connectivity index (χ0n) is 8.28. The second kappa shape index (κ2) is 3.62. The van der Waals surface area contributed by atoms with Crippen LogP contribution in [0.1, 0.15) is 5.56 Å². The van der Waals surface area contributed by atoms with Gasteiger partial charge in [0.15, 0.2) is 0 Å². The number of ether oxygens (including phenoxy) is 1. The third-order valence-electron chi connectivity index (χ3n) is 2.49. The molecule has 1 aliphatic rings. The second-order valence-electron chi connectivity index (χ2n) is 3.36. The van der Waals surface area contributed by atoms with Crippen LogP contribution in [-0.4, -0.2) is 13.0 Å². The monoisotopic (exact) mass is 202 g/mol. The van der Waals surface area contributed by atoms with Crippen molar-refractivity contribution in [3.63, 3.8) is 0 Å². The normalized spacial score (nSPS) is 18.7. The minimum Gasteiger partial charge on any atom is -0.496 e. The number of carbonyl (C=O) groups excluding carboxylic acids is 1. The quantitative estimate of drug-likeness (QED) is 0.747. The number of amides is 1. The third kappa shape index (κ3) is 1.52. The highest BCUT2D eigenvalue weighted by molar-refractivity contribution is 5.97. The third-order valence-corrected chi connectivity index (χ3v) is 2.49. The molecule has 4 heteroatoms. The Morgan fingerprint density at radius 1 is 1.60 bits per heavy atom. The molecular weight excluding hydrogens is 192 g/mol. The number of nitrogens with zero attached hydrogens (tertiary/aromatic N) is 1. The van der Waals surface area contributed by atoms with Crippen molar-refractivity contribution < 1.29 is 9.53 Å². The number of hydrogen-bond acceptors (Lipinski definition) is 3. The molecule has 4 nitrogen and oxygen atoms in total. The number of hydrogen-bond donors (Lipinski definition) is 1. The highest BCUT2D eigenvalue weighted by atomic mass is 16.5. The number of methoxy groups -OCH3 is 1. The average Bonchev–Trinajstić information content (AvgIpc) is 2.27. The molecule has 0 bridgehead atoms. The first-order valence-electron chi connectivity index (χ1n) is 4.62. The van der Waals surface area contributed by atoms with Gasteiger partial charge in [0.05, 0.1) is 13.2 Å². The molecule has 1 aliphatic heterocycles. The predicted octanol–water partition coefficient (Wildman–Crippen LogP) is 1.33. The van der Waals surface area contributed by atoms with Crippen molar-refractivity contribution in [2.24, 2.45) is 5.92 Å². The van der Waals surface area contributed by atoms with E-state index in [0.717, 1.165) is 11.3 Å². The van der Waals surface area contributed by atoms with Gasteiger partial charge in [-0.25, -0.2) is 0 Å². The van der Waals surface area contributed by atoms with Crippen molar-refractivity contribution in [2.75, 3.05) is 12.4 Å². The van der Waals surface area contributed by atoms with Gasteiger partial charge in [0.1, 0.15) is 11.7 Å². The largest absolute Gasteiger partial charge is 0.496 e. The lowest BCUT2D eigenvalue weighted by atomic mass is 9.93. The minimum atomic E-state index is -0.617. The van der Waals surface area contributed by atoms with Gasteiger partial charge in [0, 0.05) is 17.7 Å². The molecule has 0 saturated carbocycles. The number of nitrogens with one attached hydrogen (secondary N) is 1. The maximum absolute atomic E-state index is 11.4. The Hall–Kier alpha value is -2.02. The van der Waals surface area contributed by atoms with Crippen LogP contribution in [0.4, 0.5) is 5.69 Å². The van der Waals surface area contributed by atoms with E-state index in [-0.39, 0.29) is 5.91 Å². The summed E-state index contributed by atoms with van der Waals surface area (Å²) in [5, 5.41) is 11.5. The summed E-state index contributed by atoms with van der Waals surface area (Å²) in [5.41, 5.74) is 1.64. The summed E-state index contributed by atoms with van der Waals surface area (Å²) < 4.78 is 5.18. The van der Waals surface area contributed by atoms with Gasteiger partial charge in [-0.1, -0.05) is 6.07 Å². The van der Waals surface area contributed by atoms with E-state index in [2.05, 4.69) is 5.32 Å². The van der Waals surface area contributed by atoms with Gasteiger partial charge in [-0.3, -0.25) is 4.79 Å². The van der Waals surface area contributed by atoms with Gasteiger partial charge < -0.3 is 10.1 Å². The molecule has 1 amide bonds. The fourth-order valence-electron chi connectivity index (χ4n) is 1.71. The molecule has 1 atom stereocenters. The van der Waals surface area contributed by atoms with E-state index in [1.807, 2.05) is 24.3 Å². The molecule has 0 aromatic heterocycles. The summed E-state index contributed by atoms with van der Waals surface area (Å²) >= 11 is 0. The minimum absolute atomic E-state index is 0.238. The van der Waals surface area contributed by atoms with E-state index < -0.39 is 5.92 Å². The summed E-state index contributed by atoms with van der Waals surface area (Å²) in [7, 11) is 1.58. The van der Waals surface area contributed by atoms with Crippen LogP contribution in [0.25, 0.3) is 0 Å². The number of benzene rings is 1. The second-order valence-corrected chi connectivity index (χ2v) is 3.36. The van der Waals surface area contributed by atoms with Crippen LogP contribution >= 0.6 is 0 Å². The zero-order valence-corrected chi connectivity index (χ0v) is 8.28. The number of anilines is 1. The van der Waals surface area contributed by atoms with Gasteiger partial charge in [-0.2, -0.15) is 5.26 Å². The maximum atomic E-state index is 11.4. The van der Waals surface area contributed by atoms with Crippen LogP contribution in [0.3, 0.4) is 0 Å². The summed E-state index contributed by atoms with van der Waals surface area (Å²) in [6.45, 7) is 0. The van der Waals surface area contributed by atoms with Gasteiger partial charge >= 0.3 is 0 Å². The molecule has 1 aromatic rings. The summed E-state index contributed by atoms with van der Waals surface area (Å²) in [5.74, 6) is -0.139. The van der Waals surface area contributed by atoms with Gasteiger partial charge in [-0.15, -0.1) is 0 Å². The highest BCUT2D eigenvalue weighted by Gasteiger charge is 2.27. The molecule has 2 rings (SSSR count). The first kappa shape index (κ1) is 9.53. The fourth-order valence-corrected chi connectivity index (χ4v) is 1.71. The van der Waals surface area contributed by atoms with E-state index in [0.29, 0.717) is 12.2 Å². The van der Waals surface area contributed by atoms with Gasteiger partial charge in [-0.05, 0) is 12.1 Å². The Bertz CT molecular complexity index is 448. The summed E-state index contributed by atoms with van der Waals surface area (Å²) in [6.07, 6.45) is 0.418. The Morgan fingerprint density at radius 3 is 3.07 bits per heavy atom. The van der Waals surface area contributed by atoms with Crippen molar-refractivity contribution >= 4 is 11.6 Å². The van der Waals surface area contributed by atoms with Crippen LogP contribution in [-0.2, 0) is 11.2 Å². The SMILES string of the molecule is COc1cccc2c1CC(C#N)C(=O)N2. The number of carbonyl (C=O) groups is 1. The summed E-state index contributed by atoms with van der Waals surface area (Å²) in [6, 6.07) is 7.42. The van der Waals surface area contributed by atoms with Crippen molar-refractivity contribution in [1.29, 1.82) is 5.26 Å². The van der Waals surface area contributed by atoms with Crippen molar-refractivity contribution in [2.45, 2.75) is 6.42 Å². The number of fused-ring (bicyclic) bond motifs is 1. The number of nitriles is 1. The lowest BCUT2D eigenvalue weighted by Crippen LogP contribution is -2.29. The lowest BCUT2D eigenvalue weighted by Gasteiger charge is -2.21. The maximum Gasteiger partial charge on any atom is 0.242 e. The summed E-state index contributed by atoms with van der Waals surface area (Å²) in [4.78, 5) is 11.4. The number of rotatable bonds is 1. The van der Waals surface area contributed by atoms with Crippen molar-refractivity contribution in [3.05, 3.63) is 23.8 Å². The smallest absolute Gasteiger partial charge is 0.242 e. The molecule has 1 heterocycles. The first-order valence-corrected chi connectivity index (χ1v) is 4.62. The molecule has 0 fully saturated rings. The average molecular weight is 202 g/mol. The van der Waals surface area contributed by atoms with Crippen LogP contribution in [0, 0.1) is 17.2 Å². The Balaban J connectivity index is 2.46. The van der Waals surface area contributed by atoms with Crippen LogP contribution in [0.2, 0.25) is 0 Å². The molecule has 15 heavy (non-hydrogen) atoms. The van der Waals surface area contributed by atoms with Crippen LogP contribution in [0.15, 0.2) is 18.2 Å². The Morgan fingerprint density at radius 2 is 2.40 bits per heavy atom. The van der Waals surface area contributed by atoms with Gasteiger partial charge in [0.2, 0.25) is 5.91 Å². The van der Waals surface area contributed by atoms with E-state index in [1.165, 1.54) is 0 Å². The van der Waals surface area contributed by atoms with Crippen molar-refractivity contribution in [1.82, 2.24) is 0 Å². The van der Waals surface area contributed by atoms with Gasteiger partial charge in [0.25, 0.3) is 0 Å². The zero-order chi connectivity index (χ0) is 10.8. The highest BCUT2D eigenvalue weighted by Crippen LogP contribution is 2.32. The Kier molecular flexibility index (Phi) is 2.30. The van der Waals surface area contributed by atoms with Crippen LogP contribution < -0.4 is 10.1 Å².